The van der Waals surface area contributed by atoms with E-state index >= 15 is 0 Å². The number of ether oxygens (including phenoxy) is 1. The Kier molecular flexibility index (Phi) is 5.01. The Hall–Kier alpha value is -1.55. The first-order valence-electron chi connectivity index (χ1n) is 7.19. The maximum absolute atomic E-state index is 12.2. The number of benzene rings is 1. The molecule has 20 heavy (non-hydrogen) atoms. The summed E-state index contributed by atoms with van der Waals surface area (Å²) < 4.78 is 5.18. The molecule has 1 aliphatic rings. The van der Waals surface area contributed by atoms with Gasteiger partial charge in [0.15, 0.2) is 0 Å². The lowest BCUT2D eigenvalue weighted by molar-refractivity contribution is -0.135. The summed E-state index contributed by atoms with van der Waals surface area (Å²) >= 11 is 0. The number of β-amino-alcohol motifs (C(OH)–C–C–N with tert-alkyl or cyclic N) is 1. The molecule has 0 saturated carbocycles. The maximum atomic E-state index is 12.2. The van der Waals surface area contributed by atoms with Crippen molar-refractivity contribution in [1.82, 2.24) is 4.90 Å². The van der Waals surface area contributed by atoms with E-state index in [1.165, 1.54) is 0 Å². The van der Waals surface area contributed by atoms with Crippen molar-refractivity contribution in [1.29, 1.82) is 0 Å². The van der Waals surface area contributed by atoms with Crippen molar-refractivity contribution in [2.45, 2.75) is 32.3 Å². The van der Waals surface area contributed by atoms with Crippen LogP contribution in [0, 0.1) is 5.92 Å². The van der Waals surface area contributed by atoms with E-state index in [4.69, 9.17) is 4.74 Å². The largest absolute Gasteiger partial charge is 0.497 e. The van der Waals surface area contributed by atoms with Gasteiger partial charge in [0.05, 0.1) is 13.2 Å². The van der Waals surface area contributed by atoms with Gasteiger partial charge in [-0.2, -0.15) is 0 Å². The van der Waals surface area contributed by atoms with Crippen LogP contribution in [-0.2, 0) is 11.2 Å². The fourth-order valence-electron chi connectivity index (χ4n) is 2.51. The van der Waals surface area contributed by atoms with Crippen LogP contribution in [0.4, 0.5) is 0 Å². The zero-order valence-electron chi connectivity index (χ0n) is 12.2. The van der Waals surface area contributed by atoms with Gasteiger partial charge in [-0.3, -0.25) is 4.79 Å². The molecule has 110 valence electrons. The molecule has 2 unspecified atom stereocenters. The fraction of sp³-hybridized carbons (Fsp3) is 0.562. The van der Waals surface area contributed by atoms with E-state index in [0.717, 1.165) is 24.3 Å². The minimum Gasteiger partial charge on any atom is -0.497 e. The SMILES string of the molecule is COc1cccc(CCC(=O)N2CCC(C)C(O)C2)c1. The summed E-state index contributed by atoms with van der Waals surface area (Å²) in [5.74, 6) is 1.23. The second kappa shape index (κ2) is 6.75. The predicted molar refractivity (Wildman–Crippen MR) is 77.7 cm³/mol. The van der Waals surface area contributed by atoms with Crippen LogP contribution in [0.3, 0.4) is 0 Å². The summed E-state index contributed by atoms with van der Waals surface area (Å²) in [6.45, 7) is 3.26. The second-order valence-electron chi connectivity index (χ2n) is 5.52. The number of aryl methyl sites for hydroxylation is 1. The molecule has 0 aliphatic carbocycles. The third-order valence-electron chi connectivity index (χ3n) is 4.03. The van der Waals surface area contributed by atoms with Crippen LogP contribution >= 0.6 is 0 Å². The van der Waals surface area contributed by atoms with Crippen LogP contribution in [-0.4, -0.2) is 42.2 Å². The highest BCUT2D eigenvalue weighted by Crippen LogP contribution is 2.19. The predicted octanol–water partition coefficient (Wildman–Crippen LogP) is 1.86. The molecule has 2 rings (SSSR count). The molecule has 0 aromatic heterocycles. The van der Waals surface area contributed by atoms with Crippen LogP contribution in [0.25, 0.3) is 0 Å². The molecule has 2 atom stereocenters. The molecule has 0 bridgehead atoms. The molecule has 1 heterocycles. The van der Waals surface area contributed by atoms with Crippen LogP contribution in [0.5, 0.6) is 5.75 Å². The number of hydrogen-bond acceptors (Lipinski definition) is 3. The molecule has 4 heteroatoms. The number of rotatable bonds is 4. The van der Waals surface area contributed by atoms with Crippen LogP contribution in [0.15, 0.2) is 24.3 Å². The molecule has 1 saturated heterocycles. The van der Waals surface area contributed by atoms with Gasteiger partial charge < -0.3 is 14.7 Å². The van der Waals surface area contributed by atoms with Gasteiger partial charge in [0, 0.05) is 19.5 Å². The van der Waals surface area contributed by atoms with Crippen molar-refractivity contribution in [3.05, 3.63) is 29.8 Å². The third kappa shape index (κ3) is 3.73. The molecular weight excluding hydrogens is 254 g/mol. The highest BCUT2D eigenvalue weighted by atomic mass is 16.5. The molecule has 1 N–H and O–H groups in total. The standard InChI is InChI=1S/C16H23NO3/c1-12-8-9-17(11-15(12)18)16(19)7-6-13-4-3-5-14(10-13)20-2/h3-5,10,12,15,18H,6-9,11H2,1-2H3. The quantitative estimate of drug-likeness (QED) is 0.914. The normalized spacial score (nSPS) is 22.6. The van der Waals surface area contributed by atoms with Crippen molar-refractivity contribution >= 4 is 5.91 Å². The van der Waals surface area contributed by atoms with Crippen molar-refractivity contribution in [2.24, 2.45) is 5.92 Å². The Bertz CT molecular complexity index is 461. The summed E-state index contributed by atoms with van der Waals surface area (Å²) in [5, 5.41) is 9.84. The molecule has 1 fully saturated rings. The van der Waals surface area contributed by atoms with Gasteiger partial charge in [-0.15, -0.1) is 0 Å². The van der Waals surface area contributed by atoms with E-state index in [-0.39, 0.29) is 17.9 Å². The van der Waals surface area contributed by atoms with E-state index < -0.39 is 0 Å². The average Bonchev–Trinajstić information content (AvgIpc) is 2.47. The summed E-state index contributed by atoms with van der Waals surface area (Å²) in [6, 6.07) is 7.79. The number of methoxy groups -OCH3 is 1. The number of aliphatic hydroxyl groups excluding tert-OH is 1. The Balaban J connectivity index is 1.85. The molecule has 0 spiro atoms. The molecular formula is C16H23NO3. The van der Waals surface area contributed by atoms with Crippen LogP contribution in [0.2, 0.25) is 0 Å². The smallest absolute Gasteiger partial charge is 0.222 e. The Morgan fingerprint density at radius 3 is 3.00 bits per heavy atom. The highest BCUT2D eigenvalue weighted by Gasteiger charge is 2.26. The van der Waals surface area contributed by atoms with Crippen molar-refractivity contribution < 1.29 is 14.6 Å². The number of hydrogen-bond donors (Lipinski definition) is 1. The van der Waals surface area contributed by atoms with Gasteiger partial charge in [-0.05, 0) is 36.5 Å². The monoisotopic (exact) mass is 277 g/mol. The molecule has 1 aromatic rings. The minimum atomic E-state index is -0.385. The molecule has 1 aromatic carbocycles. The lowest BCUT2D eigenvalue weighted by Crippen LogP contribution is -2.45. The van der Waals surface area contributed by atoms with Crippen molar-refractivity contribution in [2.75, 3.05) is 20.2 Å². The van der Waals surface area contributed by atoms with Gasteiger partial charge in [-0.25, -0.2) is 0 Å². The van der Waals surface area contributed by atoms with E-state index in [0.29, 0.717) is 19.4 Å². The number of amides is 1. The fourth-order valence-corrected chi connectivity index (χ4v) is 2.51. The Labute approximate surface area is 120 Å². The first kappa shape index (κ1) is 14.9. The number of piperidine rings is 1. The minimum absolute atomic E-state index is 0.124. The van der Waals surface area contributed by atoms with E-state index in [1.54, 1.807) is 12.0 Å². The number of carbonyl (C=O) groups is 1. The Morgan fingerprint density at radius 2 is 2.30 bits per heavy atom. The number of likely N-dealkylation sites (tertiary alicyclic amines) is 1. The first-order chi connectivity index (χ1) is 9.60. The van der Waals surface area contributed by atoms with Gasteiger partial charge in [-0.1, -0.05) is 19.1 Å². The maximum Gasteiger partial charge on any atom is 0.222 e. The summed E-state index contributed by atoms with van der Waals surface area (Å²) in [6.07, 6.45) is 1.68. The zero-order valence-corrected chi connectivity index (χ0v) is 12.2. The highest BCUT2D eigenvalue weighted by molar-refractivity contribution is 5.76. The van der Waals surface area contributed by atoms with Gasteiger partial charge in [0.2, 0.25) is 5.91 Å². The molecule has 1 amide bonds. The van der Waals surface area contributed by atoms with Gasteiger partial charge in [0.1, 0.15) is 5.75 Å². The lowest BCUT2D eigenvalue weighted by atomic mass is 9.95. The summed E-state index contributed by atoms with van der Waals surface area (Å²) in [5.41, 5.74) is 1.10. The summed E-state index contributed by atoms with van der Waals surface area (Å²) in [4.78, 5) is 13.9. The molecule has 0 radical (unpaired) electrons. The van der Waals surface area contributed by atoms with Gasteiger partial charge in [0.25, 0.3) is 0 Å². The van der Waals surface area contributed by atoms with Gasteiger partial charge >= 0.3 is 0 Å². The van der Waals surface area contributed by atoms with Crippen LogP contribution in [0.1, 0.15) is 25.3 Å². The lowest BCUT2D eigenvalue weighted by Gasteiger charge is -2.34. The molecule has 4 nitrogen and oxygen atoms in total. The third-order valence-corrected chi connectivity index (χ3v) is 4.03. The zero-order chi connectivity index (χ0) is 14.5. The number of nitrogens with zero attached hydrogens (tertiary/aromatic N) is 1. The van der Waals surface area contributed by atoms with E-state index in [9.17, 15) is 9.90 Å². The summed E-state index contributed by atoms with van der Waals surface area (Å²) in [7, 11) is 1.64. The van der Waals surface area contributed by atoms with E-state index in [2.05, 4.69) is 0 Å². The first-order valence-corrected chi connectivity index (χ1v) is 7.19. The topological polar surface area (TPSA) is 49.8 Å². The van der Waals surface area contributed by atoms with Crippen molar-refractivity contribution in [3.63, 3.8) is 0 Å². The molecule has 1 aliphatic heterocycles. The van der Waals surface area contributed by atoms with Crippen LogP contribution < -0.4 is 4.74 Å². The second-order valence-corrected chi connectivity index (χ2v) is 5.52. The van der Waals surface area contributed by atoms with E-state index in [1.807, 2.05) is 31.2 Å². The number of aliphatic hydroxyl groups is 1. The average molecular weight is 277 g/mol. The van der Waals surface area contributed by atoms with Crippen molar-refractivity contribution in [3.8, 4) is 5.75 Å². The number of carbonyl (C=O) groups excluding carboxylic acids is 1. The Morgan fingerprint density at radius 1 is 1.50 bits per heavy atom.